The summed E-state index contributed by atoms with van der Waals surface area (Å²) in [6, 6.07) is 14.0. The number of hydrogen-bond acceptors (Lipinski definition) is 5. The Kier molecular flexibility index (Phi) is 3.60. The van der Waals surface area contributed by atoms with E-state index in [2.05, 4.69) is 14.7 Å². The zero-order valence-electron chi connectivity index (χ0n) is 10.8. The summed E-state index contributed by atoms with van der Waals surface area (Å²) in [7, 11) is 0. The van der Waals surface area contributed by atoms with Crippen molar-refractivity contribution in [2.45, 2.75) is 6.54 Å². The normalized spacial score (nSPS) is 10.4. The number of nitrogen functional groups attached to an aromatic ring is 1. The van der Waals surface area contributed by atoms with Gasteiger partial charge in [-0.3, -0.25) is 4.98 Å². The second-order valence-corrected chi connectivity index (χ2v) is 5.13. The average molecular weight is 282 g/mol. The largest absolute Gasteiger partial charge is 0.382 e. The summed E-state index contributed by atoms with van der Waals surface area (Å²) in [6.07, 6.45) is 3.61. The summed E-state index contributed by atoms with van der Waals surface area (Å²) in [5.41, 5.74) is 9.16. The van der Waals surface area contributed by atoms with Gasteiger partial charge in [0, 0.05) is 18.9 Å². The van der Waals surface area contributed by atoms with Crippen LogP contribution in [0.2, 0.25) is 0 Å². The molecule has 3 N–H and O–H groups in total. The van der Waals surface area contributed by atoms with Gasteiger partial charge in [0.15, 0.2) is 0 Å². The molecule has 0 aliphatic heterocycles. The summed E-state index contributed by atoms with van der Waals surface area (Å²) in [5.74, 6) is 0.565. The minimum absolute atomic E-state index is 0.565. The second kappa shape index (κ2) is 5.71. The Hall–Kier alpha value is -2.40. The highest BCUT2D eigenvalue weighted by atomic mass is 32.1. The van der Waals surface area contributed by atoms with E-state index in [0.29, 0.717) is 12.4 Å². The molecule has 0 atom stereocenters. The van der Waals surface area contributed by atoms with Gasteiger partial charge < -0.3 is 11.1 Å². The molecule has 20 heavy (non-hydrogen) atoms. The quantitative estimate of drug-likeness (QED) is 0.770. The number of pyridine rings is 1. The van der Waals surface area contributed by atoms with Gasteiger partial charge in [-0.05, 0) is 28.7 Å². The van der Waals surface area contributed by atoms with Gasteiger partial charge in [-0.2, -0.15) is 4.37 Å². The summed E-state index contributed by atoms with van der Waals surface area (Å²) >= 11 is 1.38. The minimum Gasteiger partial charge on any atom is -0.382 e. The number of nitrogens with one attached hydrogen (secondary N) is 1. The van der Waals surface area contributed by atoms with Gasteiger partial charge in [-0.1, -0.05) is 36.4 Å². The standard InChI is InChI=1S/C15H14N4S/c16-14-13(12-6-2-1-3-7-12)15(20-19-14)18-10-11-5-4-8-17-9-11/h1-9,18H,10H2,(H2,16,19). The Balaban J connectivity index is 1.85. The maximum atomic E-state index is 5.99. The predicted octanol–water partition coefficient (Wildman–Crippen LogP) is 3.40. The Bertz CT molecular complexity index is 680. The van der Waals surface area contributed by atoms with Crippen LogP contribution in [0.25, 0.3) is 11.1 Å². The number of anilines is 2. The fourth-order valence-corrected chi connectivity index (χ4v) is 2.72. The number of hydrogen-bond donors (Lipinski definition) is 2. The first-order valence-corrected chi connectivity index (χ1v) is 7.05. The lowest BCUT2D eigenvalue weighted by Crippen LogP contribution is -1.99. The Morgan fingerprint density at radius 1 is 1.10 bits per heavy atom. The van der Waals surface area contributed by atoms with Crippen molar-refractivity contribution in [1.82, 2.24) is 9.36 Å². The summed E-state index contributed by atoms with van der Waals surface area (Å²) in [4.78, 5) is 4.11. The molecule has 0 saturated heterocycles. The van der Waals surface area contributed by atoms with Gasteiger partial charge >= 0.3 is 0 Å². The van der Waals surface area contributed by atoms with Crippen LogP contribution in [0.15, 0.2) is 54.9 Å². The van der Waals surface area contributed by atoms with Gasteiger partial charge in [0.2, 0.25) is 0 Å². The molecule has 5 heteroatoms. The van der Waals surface area contributed by atoms with Crippen LogP contribution in [0.4, 0.5) is 10.8 Å². The maximum absolute atomic E-state index is 5.99. The van der Waals surface area contributed by atoms with E-state index in [1.807, 2.05) is 48.7 Å². The molecule has 3 rings (SSSR count). The van der Waals surface area contributed by atoms with E-state index in [4.69, 9.17) is 5.73 Å². The molecule has 0 amide bonds. The predicted molar refractivity (Wildman–Crippen MR) is 83.5 cm³/mol. The second-order valence-electron chi connectivity index (χ2n) is 4.35. The molecule has 0 aliphatic carbocycles. The molecule has 0 spiro atoms. The van der Waals surface area contributed by atoms with E-state index in [-0.39, 0.29) is 0 Å². The van der Waals surface area contributed by atoms with E-state index in [0.717, 1.165) is 21.7 Å². The number of nitrogens with zero attached hydrogens (tertiary/aromatic N) is 2. The third kappa shape index (κ3) is 2.62. The van der Waals surface area contributed by atoms with Gasteiger partial charge in [0.25, 0.3) is 0 Å². The third-order valence-corrected chi connectivity index (χ3v) is 3.78. The van der Waals surface area contributed by atoms with Crippen molar-refractivity contribution in [3.05, 3.63) is 60.4 Å². The van der Waals surface area contributed by atoms with Gasteiger partial charge in [-0.25, -0.2) is 0 Å². The fourth-order valence-electron chi connectivity index (χ4n) is 1.99. The number of benzene rings is 1. The lowest BCUT2D eigenvalue weighted by atomic mass is 10.1. The fraction of sp³-hybridized carbons (Fsp3) is 0.0667. The van der Waals surface area contributed by atoms with Crippen molar-refractivity contribution in [3.63, 3.8) is 0 Å². The Labute approximate surface area is 121 Å². The average Bonchev–Trinajstić information content (AvgIpc) is 2.88. The van der Waals surface area contributed by atoms with E-state index in [1.54, 1.807) is 6.20 Å². The highest BCUT2D eigenvalue weighted by Crippen LogP contribution is 2.36. The zero-order valence-corrected chi connectivity index (χ0v) is 11.6. The molecular formula is C15H14N4S. The van der Waals surface area contributed by atoms with Crippen molar-refractivity contribution in [1.29, 1.82) is 0 Å². The van der Waals surface area contributed by atoms with Crippen molar-refractivity contribution in [2.75, 3.05) is 11.1 Å². The molecule has 1 aromatic carbocycles. The van der Waals surface area contributed by atoms with E-state index in [1.165, 1.54) is 11.5 Å². The highest BCUT2D eigenvalue weighted by molar-refractivity contribution is 7.11. The summed E-state index contributed by atoms with van der Waals surface area (Å²) in [6.45, 7) is 0.704. The molecule has 0 unspecified atom stereocenters. The van der Waals surface area contributed by atoms with Crippen LogP contribution in [0.1, 0.15) is 5.56 Å². The van der Waals surface area contributed by atoms with Crippen molar-refractivity contribution in [2.24, 2.45) is 0 Å². The maximum Gasteiger partial charge on any atom is 0.147 e. The SMILES string of the molecule is Nc1nsc(NCc2cccnc2)c1-c1ccccc1. The first kappa shape index (κ1) is 12.6. The van der Waals surface area contributed by atoms with Gasteiger partial charge in [0.1, 0.15) is 10.8 Å². The van der Waals surface area contributed by atoms with Crippen LogP contribution in [0, 0.1) is 0 Å². The molecule has 0 fully saturated rings. The van der Waals surface area contributed by atoms with Crippen molar-refractivity contribution >= 4 is 22.4 Å². The Morgan fingerprint density at radius 2 is 1.95 bits per heavy atom. The Morgan fingerprint density at radius 3 is 2.70 bits per heavy atom. The molecule has 2 heterocycles. The molecular weight excluding hydrogens is 268 g/mol. The van der Waals surface area contributed by atoms with Gasteiger partial charge in [0.05, 0.1) is 5.56 Å². The molecule has 2 aromatic heterocycles. The van der Waals surface area contributed by atoms with Crippen LogP contribution in [-0.4, -0.2) is 9.36 Å². The molecule has 0 bridgehead atoms. The minimum atomic E-state index is 0.565. The lowest BCUT2D eigenvalue weighted by Gasteiger charge is -2.07. The van der Waals surface area contributed by atoms with Crippen molar-refractivity contribution in [3.8, 4) is 11.1 Å². The summed E-state index contributed by atoms with van der Waals surface area (Å²) < 4.78 is 4.25. The van der Waals surface area contributed by atoms with Crippen LogP contribution in [0.5, 0.6) is 0 Å². The highest BCUT2D eigenvalue weighted by Gasteiger charge is 2.13. The topological polar surface area (TPSA) is 63.8 Å². The molecule has 3 aromatic rings. The van der Waals surface area contributed by atoms with Crippen molar-refractivity contribution < 1.29 is 0 Å². The van der Waals surface area contributed by atoms with E-state index < -0.39 is 0 Å². The first-order valence-electron chi connectivity index (χ1n) is 6.28. The van der Waals surface area contributed by atoms with Crippen LogP contribution in [0.3, 0.4) is 0 Å². The molecule has 0 saturated carbocycles. The molecule has 0 aliphatic rings. The van der Waals surface area contributed by atoms with Gasteiger partial charge in [-0.15, -0.1) is 0 Å². The van der Waals surface area contributed by atoms with E-state index >= 15 is 0 Å². The van der Waals surface area contributed by atoms with Crippen LogP contribution < -0.4 is 11.1 Å². The first-order chi connectivity index (χ1) is 9.84. The van der Waals surface area contributed by atoms with E-state index in [9.17, 15) is 0 Å². The van der Waals surface area contributed by atoms with Crippen LogP contribution >= 0.6 is 11.5 Å². The molecule has 4 nitrogen and oxygen atoms in total. The van der Waals surface area contributed by atoms with Crippen LogP contribution in [-0.2, 0) is 6.54 Å². The summed E-state index contributed by atoms with van der Waals surface area (Å²) in [5, 5.41) is 4.37. The smallest absolute Gasteiger partial charge is 0.147 e. The monoisotopic (exact) mass is 282 g/mol. The lowest BCUT2D eigenvalue weighted by molar-refractivity contribution is 1.12. The molecule has 0 radical (unpaired) electrons. The molecule has 100 valence electrons. The number of aromatic nitrogens is 2. The third-order valence-electron chi connectivity index (χ3n) is 2.96. The number of rotatable bonds is 4. The number of nitrogens with two attached hydrogens (primary N) is 1. The zero-order chi connectivity index (χ0) is 13.8.